The summed E-state index contributed by atoms with van der Waals surface area (Å²) in [4.78, 5) is 20.5. The monoisotopic (exact) mass is 330 g/mol. The third-order valence-corrected chi connectivity index (χ3v) is 4.40. The molecule has 2 N–H and O–H groups in total. The molecule has 8 heteroatoms. The van der Waals surface area contributed by atoms with E-state index >= 15 is 0 Å². The van der Waals surface area contributed by atoms with Crippen molar-refractivity contribution in [2.45, 2.75) is 12.8 Å². The molecule has 1 fully saturated rings. The highest BCUT2D eigenvalue weighted by atomic mass is 16.5. The molecule has 0 spiro atoms. The van der Waals surface area contributed by atoms with Gasteiger partial charge in [0, 0.05) is 25.3 Å². The summed E-state index contributed by atoms with van der Waals surface area (Å²) < 4.78 is 6.92. The van der Waals surface area contributed by atoms with Gasteiger partial charge in [0.05, 0.1) is 12.2 Å². The number of aromatic nitrogens is 4. The van der Waals surface area contributed by atoms with Crippen molar-refractivity contribution < 1.29 is 9.53 Å². The maximum Gasteiger partial charge on any atom is 0.252 e. The van der Waals surface area contributed by atoms with Crippen LogP contribution in [0.2, 0.25) is 0 Å². The van der Waals surface area contributed by atoms with Crippen LogP contribution in [0.15, 0.2) is 31.0 Å². The van der Waals surface area contributed by atoms with E-state index in [9.17, 15) is 4.79 Å². The average molecular weight is 330 g/mol. The second-order valence-electron chi connectivity index (χ2n) is 6.11. The molecule has 2 aromatic rings. The SMILES string of the molecule is COCC1(CNC(=O)c2ccc(-n3cncn3)nc2)CCNCC1. The van der Waals surface area contributed by atoms with Gasteiger partial charge in [-0.3, -0.25) is 4.79 Å². The normalized spacial score (nSPS) is 16.7. The number of rotatable bonds is 6. The van der Waals surface area contributed by atoms with E-state index in [0.29, 0.717) is 24.5 Å². The van der Waals surface area contributed by atoms with Crippen molar-refractivity contribution in [3.05, 3.63) is 36.5 Å². The highest BCUT2D eigenvalue weighted by Gasteiger charge is 2.32. The Labute approximate surface area is 140 Å². The number of hydrogen-bond acceptors (Lipinski definition) is 6. The maximum atomic E-state index is 12.4. The van der Waals surface area contributed by atoms with E-state index in [1.807, 2.05) is 0 Å². The molecule has 24 heavy (non-hydrogen) atoms. The molecule has 0 atom stereocenters. The summed E-state index contributed by atoms with van der Waals surface area (Å²) in [7, 11) is 1.71. The molecule has 3 heterocycles. The fraction of sp³-hybridized carbons (Fsp3) is 0.500. The molecule has 0 unspecified atom stereocenters. The van der Waals surface area contributed by atoms with Crippen molar-refractivity contribution in [1.82, 2.24) is 30.4 Å². The highest BCUT2D eigenvalue weighted by molar-refractivity contribution is 5.93. The van der Waals surface area contributed by atoms with E-state index in [1.165, 1.54) is 6.33 Å². The number of carbonyl (C=O) groups is 1. The number of methoxy groups -OCH3 is 1. The molecule has 1 aliphatic heterocycles. The third kappa shape index (κ3) is 3.77. The summed E-state index contributed by atoms with van der Waals surface area (Å²) in [6, 6.07) is 3.49. The van der Waals surface area contributed by atoms with Gasteiger partial charge in [0.1, 0.15) is 12.7 Å². The van der Waals surface area contributed by atoms with E-state index in [0.717, 1.165) is 25.9 Å². The lowest BCUT2D eigenvalue weighted by Crippen LogP contribution is -2.47. The Morgan fingerprint density at radius 1 is 1.42 bits per heavy atom. The van der Waals surface area contributed by atoms with Gasteiger partial charge < -0.3 is 15.4 Å². The van der Waals surface area contributed by atoms with Crippen LogP contribution in [-0.2, 0) is 4.74 Å². The van der Waals surface area contributed by atoms with Crippen LogP contribution in [0.5, 0.6) is 0 Å². The molecule has 1 aliphatic rings. The van der Waals surface area contributed by atoms with Crippen molar-refractivity contribution >= 4 is 5.91 Å². The third-order valence-electron chi connectivity index (χ3n) is 4.40. The number of nitrogens with zero attached hydrogens (tertiary/aromatic N) is 4. The fourth-order valence-corrected chi connectivity index (χ4v) is 2.99. The Morgan fingerprint density at radius 2 is 2.25 bits per heavy atom. The predicted octanol–water partition coefficient (Wildman–Crippen LogP) is 0.408. The van der Waals surface area contributed by atoms with Crippen molar-refractivity contribution in [3.8, 4) is 5.82 Å². The first kappa shape index (κ1) is 16.5. The minimum Gasteiger partial charge on any atom is -0.384 e. The summed E-state index contributed by atoms with van der Waals surface area (Å²) in [6.07, 6.45) is 6.54. The Hall–Kier alpha value is -2.32. The number of ether oxygens (including phenoxy) is 1. The lowest BCUT2D eigenvalue weighted by molar-refractivity contribution is 0.0511. The first-order valence-electron chi connectivity index (χ1n) is 8.01. The standard InChI is InChI=1S/C16H22N6O2/c1-24-10-16(4-6-17-7-5-16)9-20-15(23)13-2-3-14(19-8-13)22-12-18-11-21-22/h2-3,8,11-12,17H,4-7,9-10H2,1H3,(H,20,23). The van der Waals surface area contributed by atoms with Gasteiger partial charge in [-0.25, -0.2) is 14.6 Å². The summed E-state index contributed by atoms with van der Waals surface area (Å²) >= 11 is 0. The van der Waals surface area contributed by atoms with E-state index in [1.54, 1.807) is 36.4 Å². The average Bonchev–Trinajstić information content (AvgIpc) is 3.16. The summed E-state index contributed by atoms with van der Waals surface area (Å²) in [5.74, 6) is 0.500. The number of hydrogen-bond donors (Lipinski definition) is 2. The van der Waals surface area contributed by atoms with Gasteiger partial charge in [0.15, 0.2) is 5.82 Å². The Kier molecular flexibility index (Phi) is 5.17. The second kappa shape index (κ2) is 7.50. The fourth-order valence-electron chi connectivity index (χ4n) is 2.99. The van der Waals surface area contributed by atoms with Gasteiger partial charge in [0.25, 0.3) is 5.91 Å². The van der Waals surface area contributed by atoms with Gasteiger partial charge in [-0.1, -0.05) is 0 Å². The van der Waals surface area contributed by atoms with Crippen LogP contribution in [0, 0.1) is 5.41 Å². The molecular weight excluding hydrogens is 308 g/mol. The predicted molar refractivity (Wildman–Crippen MR) is 87.9 cm³/mol. The van der Waals surface area contributed by atoms with Crippen molar-refractivity contribution in [3.63, 3.8) is 0 Å². The summed E-state index contributed by atoms with van der Waals surface area (Å²) in [6.45, 7) is 3.16. The van der Waals surface area contributed by atoms with Gasteiger partial charge in [-0.2, -0.15) is 5.10 Å². The maximum absolute atomic E-state index is 12.4. The van der Waals surface area contributed by atoms with Gasteiger partial charge in [0.2, 0.25) is 0 Å². The van der Waals surface area contributed by atoms with Crippen molar-refractivity contribution in [2.24, 2.45) is 5.41 Å². The first-order chi connectivity index (χ1) is 11.7. The minimum atomic E-state index is -0.123. The van der Waals surface area contributed by atoms with Gasteiger partial charge in [-0.05, 0) is 38.1 Å². The molecule has 8 nitrogen and oxygen atoms in total. The van der Waals surface area contributed by atoms with Crippen LogP contribution in [0.25, 0.3) is 5.82 Å². The highest BCUT2D eigenvalue weighted by Crippen LogP contribution is 2.28. The summed E-state index contributed by atoms with van der Waals surface area (Å²) in [5.41, 5.74) is 0.532. The molecule has 0 aliphatic carbocycles. The number of nitrogens with one attached hydrogen (secondary N) is 2. The zero-order chi connectivity index (χ0) is 16.8. The molecule has 1 amide bonds. The van der Waals surface area contributed by atoms with E-state index in [-0.39, 0.29) is 11.3 Å². The largest absolute Gasteiger partial charge is 0.384 e. The molecular formula is C16H22N6O2. The lowest BCUT2D eigenvalue weighted by Gasteiger charge is -2.37. The second-order valence-corrected chi connectivity index (χ2v) is 6.11. The Morgan fingerprint density at radius 3 is 2.88 bits per heavy atom. The summed E-state index contributed by atoms with van der Waals surface area (Å²) in [5, 5.41) is 10.4. The molecule has 0 bridgehead atoms. The van der Waals surface area contributed by atoms with Crippen LogP contribution in [0.3, 0.4) is 0 Å². The van der Waals surface area contributed by atoms with Crippen molar-refractivity contribution in [2.75, 3.05) is 33.4 Å². The molecule has 1 saturated heterocycles. The van der Waals surface area contributed by atoms with Gasteiger partial charge in [-0.15, -0.1) is 0 Å². The number of amides is 1. The Balaban J connectivity index is 1.62. The van der Waals surface area contributed by atoms with Crippen molar-refractivity contribution in [1.29, 1.82) is 0 Å². The first-order valence-corrected chi connectivity index (χ1v) is 8.01. The smallest absolute Gasteiger partial charge is 0.252 e. The minimum absolute atomic E-state index is 0.00373. The Bertz CT molecular complexity index is 644. The van der Waals surface area contributed by atoms with Crippen LogP contribution in [0.4, 0.5) is 0 Å². The molecule has 0 aromatic carbocycles. The quantitative estimate of drug-likeness (QED) is 0.797. The topological polar surface area (TPSA) is 94.0 Å². The van der Waals surface area contributed by atoms with Crippen LogP contribution in [-0.4, -0.2) is 59.0 Å². The molecule has 128 valence electrons. The van der Waals surface area contributed by atoms with E-state index < -0.39 is 0 Å². The lowest BCUT2D eigenvalue weighted by atomic mass is 9.79. The van der Waals surface area contributed by atoms with E-state index in [4.69, 9.17) is 4.74 Å². The molecule has 3 rings (SSSR count). The van der Waals surface area contributed by atoms with Crippen LogP contribution in [0.1, 0.15) is 23.2 Å². The molecule has 2 aromatic heterocycles. The number of carbonyl (C=O) groups excluding carboxylic acids is 1. The molecule has 0 radical (unpaired) electrons. The van der Waals surface area contributed by atoms with Crippen LogP contribution < -0.4 is 10.6 Å². The zero-order valence-electron chi connectivity index (χ0n) is 13.7. The van der Waals surface area contributed by atoms with Gasteiger partial charge >= 0.3 is 0 Å². The number of piperidine rings is 1. The van der Waals surface area contributed by atoms with Crippen LogP contribution >= 0.6 is 0 Å². The zero-order valence-corrected chi connectivity index (χ0v) is 13.7. The molecule has 0 saturated carbocycles. The number of pyridine rings is 1. The van der Waals surface area contributed by atoms with E-state index in [2.05, 4.69) is 25.7 Å².